The van der Waals surface area contributed by atoms with E-state index in [0.29, 0.717) is 23.1 Å². The highest BCUT2D eigenvalue weighted by Crippen LogP contribution is 2.19. The monoisotopic (exact) mass is 400 g/mol. The Bertz CT molecular complexity index is 656. The number of rotatable bonds is 10. The van der Waals surface area contributed by atoms with Crippen LogP contribution in [0.5, 0.6) is 0 Å². The van der Waals surface area contributed by atoms with Gasteiger partial charge in [-0.1, -0.05) is 26.0 Å². The lowest BCUT2D eigenvalue weighted by atomic mass is 10.1. The average Bonchev–Trinajstić information content (AvgIpc) is 2.59. The van der Waals surface area contributed by atoms with Gasteiger partial charge in [0.05, 0.1) is 10.9 Å². The Morgan fingerprint density at radius 1 is 1.15 bits per heavy atom. The molecule has 1 atom stereocenters. The maximum absolute atomic E-state index is 12.5. The van der Waals surface area contributed by atoms with E-state index in [1.165, 1.54) is 4.31 Å². The summed E-state index contributed by atoms with van der Waals surface area (Å²) in [6.07, 6.45) is 1.01. The van der Waals surface area contributed by atoms with Gasteiger partial charge in [0, 0.05) is 19.6 Å². The Hall–Kier alpha value is -1.22. The summed E-state index contributed by atoms with van der Waals surface area (Å²) in [6.45, 7) is 8.44. The first kappa shape index (κ1) is 22.8. The zero-order chi connectivity index (χ0) is 19.7. The highest BCUT2D eigenvalue weighted by molar-refractivity contribution is 7.89. The molecular formula is C18H32N4O2S2. The van der Waals surface area contributed by atoms with Crippen molar-refractivity contribution in [3.63, 3.8) is 0 Å². The summed E-state index contributed by atoms with van der Waals surface area (Å²) in [6, 6.07) is 6.99. The van der Waals surface area contributed by atoms with Gasteiger partial charge in [-0.2, -0.15) is 4.31 Å². The third-order valence-electron chi connectivity index (χ3n) is 4.14. The minimum atomic E-state index is -3.42. The minimum absolute atomic E-state index is 0.00550. The first-order valence-corrected chi connectivity index (χ1v) is 10.9. The molecule has 148 valence electrons. The Labute approximate surface area is 164 Å². The van der Waals surface area contributed by atoms with E-state index >= 15 is 0 Å². The number of hydrogen-bond acceptors (Lipinski definition) is 4. The zero-order valence-electron chi connectivity index (χ0n) is 16.4. The van der Waals surface area contributed by atoms with Gasteiger partial charge in [-0.15, -0.1) is 0 Å². The van der Waals surface area contributed by atoms with Crippen LogP contribution in [0.3, 0.4) is 0 Å². The highest BCUT2D eigenvalue weighted by Gasteiger charge is 2.21. The molecule has 8 heteroatoms. The summed E-state index contributed by atoms with van der Waals surface area (Å²) in [7, 11) is 0.671. The van der Waals surface area contributed by atoms with Crippen LogP contribution in [0.2, 0.25) is 0 Å². The van der Waals surface area contributed by atoms with Crippen molar-refractivity contribution in [2.24, 2.45) is 0 Å². The molecule has 6 nitrogen and oxygen atoms in total. The van der Waals surface area contributed by atoms with Crippen LogP contribution in [-0.2, 0) is 10.0 Å². The molecular weight excluding hydrogens is 368 g/mol. The van der Waals surface area contributed by atoms with Crippen molar-refractivity contribution in [3.8, 4) is 0 Å². The standard InChI is InChI=1S/C18H32N4O2S2/c1-6-22(7-2)26(23,24)17-11-9-16(10-12-17)15(3)20-18(25)19-13-8-14-21(4)5/h9-12,15H,6-8,13-14H2,1-5H3,(H2,19,20,25)/t15-/m1/s1. The summed E-state index contributed by atoms with van der Waals surface area (Å²) < 4.78 is 26.5. The smallest absolute Gasteiger partial charge is 0.243 e. The van der Waals surface area contributed by atoms with Crippen LogP contribution < -0.4 is 10.6 Å². The average molecular weight is 401 g/mol. The van der Waals surface area contributed by atoms with Crippen LogP contribution in [0.4, 0.5) is 0 Å². The van der Waals surface area contributed by atoms with E-state index in [9.17, 15) is 8.42 Å². The topological polar surface area (TPSA) is 64.7 Å². The van der Waals surface area contributed by atoms with Gasteiger partial charge in [-0.25, -0.2) is 8.42 Å². The third kappa shape index (κ3) is 6.83. The lowest BCUT2D eigenvalue weighted by molar-refractivity contribution is 0.400. The Morgan fingerprint density at radius 3 is 2.23 bits per heavy atom. The lowest BCUT2D eigenvalue weighted by Gasteiger charge is -2.20. The maximum atomic E-state index is 12.5. The predicted molar refractivity (Wildman–Crippen MR) is 112 cm³/mol. The second-order valence-corrected chi connectivity index (χ2v) is 8.78. The van der Waals surface area contributed by atoms with E-state index < -0.39 is 10.0 Å². The number of sulfonamides is 1. The van der Waals surface area contributed by atoms with Crippen molar-refractivity contribution in [2.45, 2.75) is 38.1 Å². The van der Waals surface area contributed by atoms with Crippen molar-refractivity contribution in [3.05, 3.63) is 29.8 Å². The van der Waals surface area contributed by atoms with Crippen LogP contribution in [0.25, 0.3) is 0 Å². The molecule has 0 aliphatic heterocycles. The Morgan fingerprint density at radius 2 is 1.73 bits per heavy atom. The predicted octanol–water partition coefficient (Wildman–Crippen LogP) is 2.19. The first-order valence-electron chi connectivity index (χ1n) is 9.01. The highest BCUT2D eigenvalue weighted by atomic mass is 32.2. The van der Waals surface area contributed by atoms with E-state index in [2.05, 4.69) is 15.5 Å². The molecule has 0 saturated heterocycles. The van der Waals surface area contributed by atoms with Gasteiger partial charge in [0.2, 0.25) is 10.0 Å². The molecule has 1 rings (SSSR count). The third-order valence-corrected chi connectivity index (χ3v) is 6.46. The molecule has 0 heterocycles. The largest absolute Gasteiger partial charge is 0.363 e. The molecule has 1 aromatic carbocycles. The fourth-order valence-electron chi connectivity index (χ4n) is 2.57. The molecule has 0 unspecified atom stereocenters. The van der Waals surface area contributed by atoms with E-state index in [1.54, 1.807) is 12.1 Å². The molecule has 0 aliphatic rings. The summed E-state index contributed by atoms with van der Waals surface area (Å²) in [5.41, 5.74) is 0.987. The number of nitrogens with one attached hydrogen (secondary N) is 2. The van der Waals surface area contributed by atoms with Gasteiger partial charge in [-0.3, -0.25) is 0 Å². The summed E-state index contributed by atoms with van der Waals surface area (Å²) >= 11 is 5.32. The molecule has 0 fully saturated rings. The zero-order valence-corrected chi connectivity index (χ0v) is 18.1. The van der Waals surface area contributed by atoms with Gasteiger partial charge in [-0.05, 0) is 63.9 Å². The van der Waals surface area contributed by atoms with Crippen LogP contribution >= 0.6 is 12.2 Å². The van der Waals surface area contributed by atoms with Gasteiger partial charge >= 0.3 is 0 Å². The molecule has 0 aromatic heterocycles. The second kappa shape index (κ2) is 10.8. The second-order valence-electron chi connectivity index (χ2n) is 6.44. The van der Waals surface area contributed by atoms with Crippen LogP contribution in [0.1, 0.15) is 38.8 Å². The van der Waals surface area contributed by atoms with Crippen LogP contribution in [0.15, 0.2) is 29.2 Å². The number of hydrogen-bond donors (Lipinski definition) is 2. The van der Waals surface area contributed by atoms with E-state index in [-0.39, 0.29) is 6.04 Å². The molecule has 0 aliphatic carbocycles. The maximum Gasteiger partial charge on any atom is 0.243 e. The first-order chi connectivity index (χ1) is 12.2. The Balaban J connectivity index is 2.63. The van der Waals surface area contributed by atoms with Gasteiger partial charge in [0.1, 0.15) is 0 Å². The molecule has 0 bridgehead atoms. The summed E-state index contributed by atoms with van der Waals surface area (Å²) in [5.74, 6) is 0. The lowest BCUT2D eigenvalue weighted by Crippen LogP contribution is -2.38. The van der Waals surface area contributed by atoms with Crippen LogP contribution in [-0.4, -0.2) is 63.0 Å². The van der Waals surface area contributed by atoms with Gasteiger partial charge in [0.15, 0.2) is 5.11 Å². The SMILES string of the molecule is CCN(CC)S(=O)(=O)c1ccc([C@@H](C)NC(=S)NCCCN(C)C)cc1. The fraction of sp³-hybridized carbons (Fsp3) is 0.611. The quantitative estimate of drug-likeness (QED) is 0.464. The van der Waals surface area contributed by atoms with Crippen molar-refractivity contribution in [2.75, 3.05) is 40.3 Å². The fourth-order valence-corrected chi connectivity index (χ4v) is 4.31. The molecule has 2 N–H and O–H groups in total. The molecule has 0 spiro atoms. The number of nitrogens with zero attached hydrogens (tertiary/aromatic N) is 2. The molecule has 26 heavy (non-hydrogen) atoms. The van der Waals surface area contributed by atoms with Crippen molar-refractivity contribution in [1.29, 1.82) is 0 Å². The number of benzene rings is 1. The Kier molecular flexibility index (Phi) is 9.49. The minimum Gasteiger partial charge on any atom is -0.363 e. The van der Waals surface area contributed by atoms with Crippen molar-refractivity contribution < 1.29 is 8.42 Å². The molecule has 0 radical (unpaired) electrons. The van der Waals surface area contributed by atoms with Crippen LogP contribution in [0, 0.1) is 0 Å². The van der Waals surface area contributed by atoms with Crippen molar-refractivity contribution in [1.82, 2.24) is 19.8 Å². The normalized spacial score (nSPS) is 13.0. The molecule has 0 amide bonds. The van der Waals surface area contributed by atoms with Crippen molar-refractivity contribution >= 4 is 27.4 Å². The van der Waals surface area contributed by atoms with E-state index in [4.69, 9.17) is 12.2 Å². The summed E-state index contributed by atoms with van der Waals surface area (Å²) in [4.78, 5) is 2.45. The molecule has 1 aromatic rings. The summed E-state index contributed by atoms with van der Waals surface area (Å²) in [5, 5.41) is 7.04. The van der Waals surface area contributed by atoms with Gasteiger partial charge in [0.25, 0.3) is 0 Å². The van der Waals surface area contributed by atoms with Gasteiger partial charge < -0.3 is 15.5 Å². The van der Waals surface area contributed by atoms with E-state index in [1.807, 2.05) is 47.0 Å². The molecule has 0 saturated carbocycles. The van der Waals surface area contributed by atoms with E-state index in [0.717, 1.165) is 25.1 Å². The number of thiocarbonyl (C=S) groups is 1.